The molecular formula is C13H20N4O3. The van der Waals surface area contributed by atoms with Crippen molar-refractivity contribution in [1.29, 1.82) is 0 Å². The first kappa shape index (κ1) is 14.7. The van der Waals surface area contributed by atoms with Gasteiger partial charge in [-0.3, -0.25) is 4.79 Å². The Morgan fingerprint density at radius 2 is 2.30 bits per heavy atom. The zero-order valence-corrected chi connectivity index (χ0v) is 11.7. The number of aliphatic hydroxyl groups is 1. The van der Waals surface area contributed by atoms with Gasteiger partial charge in [-0.05, 0) is 13.8 Å². The average Bonchev–Trinajstić information content (AvgIpc) is 2.47. The number of carbonyl (C=O) groups is 1. The normalized spacial score (nSPS) is 22.6. The third-order valence-corrected chi connectivity index (χ3v) is 3.05. The molecule has 7 heteroatoms. The first-order chi connectivity index (χ1) is 9.63. The zero-order chi connectivity index (χ0) is 14.5. The van der Waals surface area contributed by atoms with Crippen LogP contribution in [0.15, 0.2) is 12.4 Å². The minimum Gasteiger partial charge on any atom is -0.394 e. The summed E-state index contributed by atoms with van der Waals surface area (Å²) in [5, 5.41) is 12.2. The molecule has 1 saturated heterocycles. The minimum atomic E-state index is -0.336. The zero-order valence-electron chi connectivity index (χ0n) is 11.7. The molecule has 0 bridgehead atoms. The Bertz CT molecular complexity index is 451. The summed E-state index contributed by atoms with van der Waals surface area (Å²) in [5.74, 6) is 0.460. The fraction of sp³-hybridized carbons (Fsp3) is 0.615. The first-order valence-corrected chi connectivity index (χ1v) is 6.75. The quantitative estimate of drug-likeness (QED) is 0.815. The van der Waals surface area contributed by atoms with Gasteiger partial charge in [-0.1, -0.05) is 0 Å². The van der Waals surface area contributed by atoms with Crippen LogP contribution in [0.1, 0.15) is 24.3 Å². The van der Waals surface area contributed by atoms with Gasteiger partial charge in [0.2, 0.25) is 0 Å². The molecule has 0 saturated carbocycles. The van der Waals surface area contributed by atoms with Crippen molar-refractivity contribution < 1.29 is 14.6 Å². The monoisotopic (exact) mass is 280 g/mol. The van der Waals surface area contributed by atoms with E-state index in [9.17, 15) is 9.90 Å². The molecule has 2 unspecified atom stereocenters. The number of hydrogen-bond acceptors (Lipinski definition) is 6. The van der Waals surface area contributed by atoms with Crippen LogP contribution >= 0.6 is 0 Å². The summed E-state index contributed by atoms with van der Waals surface area (Å²) in [4.78, 5) is 22.3. The molecule has 7 nitrogen and oxygen atoms in total. The number of morpholine rings is 1. The second kappa shape index (κ2) is 6.62. The van der Waals surface area contributed by atoms with Crippen molar-refractivity contribution >= 4 is 11.7 Å². The molecule has 2 N–H and O–H groups in total. The fourth-order valence-corrected chi connectivity index (χ4v) is 2.18. The number of carbonyl (C=O) groups excluding carboxylic acids is 1. The van der Waals surface area contributed by atoms with E-state index < -0.39 is 0 Å². The molecule has 0 radical (unpaired) electrons. The van der Waals surface area contributed by atoms with Gasteiger partial charge in [0.15, 0.2) is 0 Å². The van der Waals surface area contributed by atoms with E-state index in [1.54, 1.807) is 11.1 Å². The molecule has 2 rings (SSSR count). The number of nitrogens with zero attached hydrogens (tertiary/aromatic N) is 3. The Morgan fingerprint density at radius 1 is 1.50 bits per heavy atom. The van der Waals surface area contributed by atoms with E-state index in [0.717, 1.165) is 6.54 Å². The molecule has 0 spiro atoms. The van der Waals surface area contributed by atoms with Gasteiger partial charge in [0.05, 0.1) is 31.2 Å². The lowest BCUT2D eigenvalue weighted by molar-refractivity contribution is -0.0859. The molecule has 2 heterocycles. The van der Waals surface area contributed by atoms with Crippen LogP contribution in [0.3, 0.4) is 0 Å². The SMILES string of the molecule is CCNc1cnc(C(=O)N2CC(C)OC(CO)C2)cn1. The topological polar surface area (TPSA) is 87.6 Å². The number of aromatic nitrogens is 2. The Kier molecular flexibility index (Phi) is 4.86. The maximum Gasteiger partial charge on any atom is 0.274 e. The van der Waals surface area contributed by atoms with Crippen molar-refractivity contribution in [2.24, 2.45) is 0 Å². The number of rotatable bonds is 4. The summed E-state index contributed by atoms with van der Waals surface area (Å²) < 4.78 is 5.51. The number of amides is 1. The minimum absolute atomic E-state index is 0.0981. The van der Waals surface area contributed by atoms with E-state index >= 15 is 0 Å². The number of nitrogens with one attached hydrogen (secondary N) is 1. The van der Waals surface area contributed by atoms with E-state index in [0.29, 0.717) is 24.6 Å². The van der Waals surface area contributed by atoms with Crippen molar-refractivity contribution in [3.05, 3.63) is 18.1 Å². The molecule has 1 amide bonds. The van der Waals surface area contributed by atoms with Gasteiger partial charge in [-0.2, -0.15) is 0 Å². The third kappa shape index (κ3) is 3.43. The summed E-state index contributed by atoms with van der Waals surface area (Å²) >= 11 is 0. The van der Waals surface area contributed by atoms with E-state index in [2.05, 4.69) is 15.3 Å². The predicted octanol–water partition coefficient (Wildman–Crippen LogP) is 0.130. The van der Waals surface area contributed by atoms with Gasteiger partial charge in [0.25, 0.3) is 5.91 Å². The molecule has 1 aromatic heterocycles. The van der Waals surface area contributed by atoms with Crippen LogP contribution in [0.2, 0.25) is 0 Å². The Labute approximate surface area is 118 Å². The largest absolute Gasteiger partial charge is 0.394 e. The highest BCUT2D eigenvalue weighted by atomic mass is 16.5. The van der Waals surface area contributed by atoms with Crippen molar-refractivity contribution in [3.63, 3.8) is 0 Å². The van der Waals surface area contributed by atoms with Crippen LogP contribution in [0.5, 0.6) is 0 Å². The van der Waals surface area contributed by atoms with Crippen LogP contribution < -0.4 is 5.32 Å². The first-order valence-electron chi connectivity index (χ1n) is 6.75. The van der Waals surface area contributed by atoms with Crippen molar-refractivity contribution in [1.82, 2.24) is 14.9 Å². The maximum atomic E-state index is 12.3. The lowest BCUT2D eigenvalue weighted by Crippen LogP contribution is -2.50. The second-order valence-corrected chi connectivity index (χ2v) is 4.78. The van der Waals surface area contributed by atoms with Crippen LogP contribution in [-0.2, 0) is 4.74 Å². The Morgan fingerprint density at radius 3 is 2.90 bits per heavy atom. The maximum absolute atomic E-state index is 12.3. The highest BCUT2D eigenvalue weighted by Crippen LogP contribution is 2.13. The van der Waals surface area contributed by atoms with Crippen LogP contribution in [0, 0.1) is 0 Å². The molecule has 1 aliphatic heterocycles. The Balaban J connectivity index is 2.06. The smallest absolute Gasteiger partial charge is 0.274 e. The summed E-state index contributed by atoms with van der Waals surface area (Å²) in [6.07, 6.45) is 2.58. The summed E-state index contributed by atoms with van der Waals surface area (Å²) in [7, 11) is 0. The van der Waals surface area contributed by atoms with E-state index in [4.69, 9.17) is 4.74 Å². The van der Waals surface area contributed by atoms with E-state index in [1.165, 1.54) is 6.20 Å². The number of aliphatic hydroxyl groups excluding tert-OH is 1. The number of anilines is 1. The van der Waals surface area contributed by atoms with Gasteiger partial charge < -0.3 is 20.1 Å². The van der Waals surface area contributed by atoms with Crippen LogP contribution in [-0.4, -0.2) is 64.3 Å². The van der Waals surface area contributed by atoms with Gasteiger partial charge >= 0.3 is 0 Å². The van der Waals surface area contributed by atoms with Crippen LogP contribution in [0.25, 0.3) is 0 Å². The lowest BCUT2D eigenvalue weighted by Gasteiger charge is -2.35. The average molecular weight is 280 g/mol. The molecule has 20 heavy (non-hydrogen) atoms. The third-order valence-electron chi connectivity index (χ3n) is 3.05. The second-order valence-electron chi connectivity index (χ2n) is 4.78. The number of hydrogen-bond donors (Lipinski definition) is 2. The van der Waals surface area contributed by atoms with E-state index in [-0.39, 0.29) is 24.7 Å². The van der Waals surface area contributed by atoms with Crippen molar-refractivity contribution in [3.8, 4) is 0 Å². The summed E-state index contributed by atoms with van der Waals surface area (Å²) in [5.41, 5.74) is 0.303. The molecule has 1 fully saturated rings. The highest BCUT2D eigenvalue weighted by molar-refractivity contribution is 5.92. The van der Waals surface area contributed by atoms with Gasteiger partial charge in [0.1, 0.15) is 11.5 Å². The number of ether oxygens (including phenoxy) is 1. The molecule has 0 aromatic carbocycles. The van der Waals surface area contributed by atoms with Crippen LogP contribution in [0.4, 0.5) is 5.82 Å². The van der Waals surface area contributed by atoms with Gasteiger partial charge in [-0.25, -0.2) is 9.97 Å². The fourth-order valence-electron chi connectivity index (χ4n) is 2.18. The summed E-state index contributed by atoms with van der Waals surface area (Å²) in [6, 6.07) is 0. The lowest BCUT2D eigenvalue weighted by atomic mass is 10.2. The molecular weight excluding hydrogens is 260 g/mol. The van der Waals surface area contributed by atoms with E-state index in [1.807, 2.05) is 13.8 Å². The summed E-state index contributed by atoms with van der Waals surface area (Å²) in [6.45, 7) is 5.36. The van der Waals surface area contributed by atoms with Crippen molar-refractivity contribution in [2.75, 3.05) is 31.6 Å². The predicted molar refractivity (Wildman–Crippen MR) is 73.5 cm³/mol. The molecule has 1 aromatic rings. The highest BCUT2D eigenvalue weighted by Gasteiger charge is 2.29. The molecule has 1 aliphatic rings. The molecule has 110 valence electrons. The Hall–Kier alpha value is -1.73. The van der Waals surface area contributed by atoms with Gasteiger partial charge in [-0.15, -0.1) is 0 Å². The molecule has 0 aliphatic carbocycles. The van der Waals surface area contributed by atoms with Gasteiger partial charge in [0, 0.05) is 19.6 Å². The van der Waals surface area contributed by atoms with Crippen molar-refractivity contribution in [2.45, 2.75) is 26.1 Å². The molecule has 2 atom stereocenters. The standard InChI is InChI=1S/C13H20N4O3/c1-3-14-12-5-15-11(4-16-12)13(19)17-6-9(2)20-10(7-17)8-18/h4-5,9-10,18H,3,6-8H2,1-2H3,(H,14,16).